The highest BCUT2D eigenvalue weighted by molar-refractivity contribution is 8.19. The molecule has 0 N–H and O–H groups in total. The summed E-state index contributed by atoms with van der Waals surface area (Å²) in [6.07, 6.45) is 0. The maximum absolute atomic E-state index is 12.4. The van der Waals surface area contributed by atoms with Crippen LogP contribution in [0, 0.1) is 0 Å². The van der Waals surface area contributed by atoms with Crippen LogP contribution < -0.4 is 9.47 Å². The van der Waals surface area contributed by atoms with Crippen LogP contribution in [0.15, 0.2) is 42.5 Å². The first-order valence-corrected chi connectivity index (χ1v) is 10.4. The summed E-state index contributed by atoms with van der Waals surface area (Å²) in [6.45, 7) is 4.25. The van der Waals surface area contributed by atoms with Gasteiger partial charge in [-0.05, 0) is 41.3 Å². The lowest BCUT2D eigenvalue weighted by molar-refractivity contribution is 0.0729. The standard InChI is InChI=1S/C20H22O3S2/c1-13(2)14-4-6-15(7-5-14)19(21)23-17-9-8-16(12-18(17)22-3)20-24-10-11-25-20/h4-9,12-13,20H,10-11H2,1-3H3. The fourth-order valence-electron chi connectivity index (χ4n) is 2.63. The van der Waals surface area contributed by atoms with Gasteiger partial charge in [-0.3, -0.25) is 0 Å². The molecule has 1 fully saturated rings. The molecule has 5 heteroatoms. The number of carbonyl (C=O) groups excluding carboxylic acids is 1. The topological polar surface area (TPSA) is 35.5 Å². The molecular weight excluding hydrogens is 352 g/mol. The van der Waals surface area contributed by atoms with E-state index in [0.29, 0.717) is 27.6 Å². The molecule has 25 heavy (non-hydrogen) atoms. The lowest BCUT2D eigenvalue weighted by Gasteiger charge is -2.14. The lowest BCUT2D eigenvalue weighted by Crippen LogP contribution is -2.09. The van der Waals surface area contributed by atoms with Gasteiger partial charge in [-0.2, -0.15) is 0 Å². The molecule has 0 saturated carbocycles. The van der Waals surface area contributed by atoms with E-state index in [9.17, 15) is 4.79 Å². The monoisotopic (exact) mass is 374 g/mol. The summed E-state index contributed by atoms with van der Waals surface area (Å²) < 4.78 is 11.4. The number of hydrogen-bond acceptors (Lipinski definition) is 5. The molecule has 0 atom stereocenters. The van der Waals surface area contributed by atoms with E-state index in [1.54, 1.807) is 7.11 Å². The molecular formula is C20H22O3S2. The van der Waals surface area contributed by atoms with E-state index < -0.39 is 0 Å². The van der Waals surface area contributed by atoms with Crippen molar-refractivity contribution < 1.29 is 14.3 Å². The Bertz CT molecular complexity index is 735. The van der Waals surface area contributed by atoms with Crippen LogP contribution in [-0.2, 0) is 0 Å². The van der Waals surface area contributed by atoms with Crippen LogP contribution in [0.3, 0.4) is 0 Å². The quantitative estimate of drug-likeness (QED) is 0.509. The second kappa shape index (κ2) is 8.19. The number of rotatable bonds is 5. The summed E-state index contributed by atoms with van der Waals surface area (Å²) >= 11 is 3.87. The maximum atomic E-state index is 12.4. The van der Waals surface area contributed by atoms with Crippen molar-refractivity contribution in [2.75, 3.05) is 18.6 Å². The van der Waals surface area contributed by atoms with Crippen LogP contribution >= 0.6 is 23.5 Å². The Balaban J connectivity index is 1.75. The highest BCUT2D eigenvalue weighted by Gasteiger charge is 2.21. The third-order valence-electron chi connectivity index (χ3n) is 4.10. The Morgan fingerprint density at radius 3 is 2.32 bits per heavy atom. The van der Waals surface area contributed by atoms with Crippen LogP contribution in [0.2, 0.25) is 0 Å². The second-order valence-electron chi connectivity index (χ2n) is 6.15. The van der Waals surface area contributed by atoms with Crippen molar-refractivity contribution in [3.8, 4) is 11.5 Å². The van der Waals surface area contributed by atoms with Crippen molar-refractivity contribution >= 4 is 29.5 Å². The number of thioether (sulfide) groups is 2. The number of hydrogen-bond donors (Lipinski definition) is 0. The maximum Gasteiger partial charge on any atom is 0.343 e. The first kappa shape index (κ1) is 18.2. The van der Waals surface area contributed by atoms with E-state index in [2.05, 4.69) is 13.8 Å². The highest BCUT2D eigenvalue weighted by Crippen LogP contribution is 2.47. The number of benzene rings is 2. The molecule has 0 bridgehead atoms. The van der Waals surface area contributed by atoms with Crippen LogP contribution in [0.4, 0.5) is 0 Å². The number of methoxy groups -OCH3 is 1. The predicted octanol–water partition coefficient (Wildman–Crippen LogP) is 5.52. The molecule has 0 amide bonds. The second-order valence-corrected chi connectivity index (χ2v) is 8.87. The van der Waals surface area contributed by atoms with Gasteiger partial charge in [-0.15, -0.1) is 23.5 Å². The minimum Gasteiger partial charge on any atom is -0.493 e. The average molecular weight is 375 g/mol. The first-order chi connectivity index (χ1) is 12.1. The molecule has 0 unspecified atom stereocenters. The van der Waals surface area contributed by atoms with E-state index in [4.69, 9.17) is 9.47 Å². The van der Waals surface area contributed by atoms with Gasteiger partial charge in [0, 0.05) is 11.5 Å². The zero-order valence-corrected chi connectivity index (χ0v) is 16.3. The van der Waals surface area contributed by atoms with E-state index in [-0.39, 0.29) is 5.97 Å². The van der Waals surface area contributed by atoms with Gasteiger partial charge in [0.15, 0.2) is 11.5 Å². The molecule has 1 heterocycles. The van der Waals surface area contributed by atoms with E-state index in [0.717, 1.165) is 0 Å². The molecule has 132 valence electrons. The van der Waals surface area contributed by atoms with Crippen molar-refractivity contribution in [2.45, 2.75) is 24.3 Å². The summed E-state index contributed by atoms with van der Waals surface area (Å²) in [5.41, 5.74) is 2.94. The normalized spacial score (nSPS) is 14.7. The fraction of sp³-hybridized carbons (Fsp3) is 0.350. The Kier molecular flexibility index (Phi) is 5.97. The molecule has 1 aliphatic heterocycles. The molecule has 1 saturated heterocycles. The number of ether oxygens (including phenoxy) is 2. The fourth-order valence-corrected chi connectivity index (χ4v) is 5.47. The molecule has 2 aromatic carbocycles. The first-order valence-electron chi connectivity index (χ1n) is 8.31. The van der Waals surface area contributed by atoms with Crippen molar-refractivity contribution in [3.05, 3.63) is 59.2 Å². The summed E-state index contributed by atoms with van der Waals surface area (Å²) in [7, 11) is 1.60. The summed E-state index contributed by atoms with van der Waals surface area (Å²) in [4.78, 5) is 12.4. The molecule has 3 nitrogen and oxygen atoms in total. The van der Waals surface area contributed by atoms with Crippen molar-refractivity contribution in [3.63, 3.8) is 0 Å². The van der Waals surface area contributed by atoms with Crippen LogP contribution in [0.1, 0.15) is 45.8 Å². The third-order valence-corrected chi connectivity index (χ3v) is 7.20. The van der Waals surface area contributed by atoms with Gasteiger partial charge in [-0.25, -0.2) is 4.79 Å². The minimum atomic E-state index is -0.369. The van der Waals surface area contributed by atoms with Crippen molar-refractivity contribution in [1.82, 2.24) is 0 Å². The molecule has 0 aromatic heterocycles. The summed E-state index contributed by atoms with van der Waals surface area (Å²) in [5.74, 6) is 3.45. The zero-order valence-electron chi connectivity index (χ0n) is 14.7. The van der Waals surface area contributed by atoms with E-state index >= 15 is 0 Å². The van der Waals surface area contributed by atoms with Crippen LogP contribution in [0.25, 0.3) is 0 Å². The number of carbonyl (C=O) groups is 1. The molecule has 0 aliphatic carbocycles. The van der Waals surface area contributed by atoms with Crippen molar-refractivity contribution in [1.29, 1.82) is 0 Å². The molecule has 3 rings (SSSR count). The van der Waals surface area contributed by atoms with Gasteiger partial charge in [0.1, 0.15) is 0 Å². The number of esters is 1. The van der Waals surface area contributed by atoms with Gasteiger partial charge in [0.05, 0.1) is 17.3 Å². The Morgan fingerprint density at radius 2 is 1.72 bits per heavy atom. The van der Waals surface area contributed by atoms with Crippen LogP contribution in [0.5, 0.6) is 11.5 Å². The lowest BCUT2D eigenvalue weighted by atomic mass is 10.0. The van der Waals surface area contributed by atoms with E-state index in [1.165, 1.54) is 22.6 Å². The van der Waals surface area contributed by atoms with Gasteiger partial charge in [-0.1, -0.05) is 32.0 Å². The SMILES string of the molecule is COc1cc(C2SCCS2)ccc1OC(=O)c1ccc(C(C)C)cc1. The molecule has 2 aromatic rings. The third kappa shape index (κ3) is 4.33. The van der Waals surface area contributed by atoms with Crippen LogP contribution in [-0.4, -0.2) is 24.6 Å². The molecule has 1 aliphatic rings. The van der Waals surface area contributed by atoms with Gasteiger partial charge in [0.25, 0.3) is 0 Å². The summed E-state index contributed by atoms with van der Waals surface area (Å²) in [6, 6.07) is 13.4. The average Bonchev–Trinajstić information content (AvgIpc) is 3.16. The Morgan fingerprint density at radius 1 is 1.04 bits per heavy atom. The largest absolute Gasteiger partial charge is 0.493 e. The smallest absolute Gasteiger partial charge is 0.343 e. The zero-order chi connectivity index (χ0) is 17.8. The Labute approximate surface area is 157 Å². The Hall–Kier alpha value is -1.59. The molecule has 0 spiro atoms. The summed E-state index contributed by atoms with van der Waals surface area (Å²) in [5, 5.41) is 0. The van der Waals surface area contributed by atoms with Gasteiger partial charge < -0.3 is 9.47 Å². The molecule has 0 radical (unpaired) electrons. The highest BCUT2D eigenvalue weighted by atomic mass is 32.2. The van der Waals surface area contributed by atoms with Crippen molar-refractivity contribution in [2.24, 2.45) is 0 Å². The predicted molar refractivity (Wildman–Crippen MR) is 106 cm³/mol. The van der Waals surface area contributed by atoms with Gasteiger partial charge in [0.2, 0.25) is 0 Å². The minimum absolute atomic E-state index is 0.369. The van der Waals surface area contributed by atoms with E-state index in [1.807, 2.05) is 66.0 Å². The van der Waals surface area contributed by atoms with Gasteiger partial charge >= 0.3 is 5.97 Å².